The minimum absolute atomic E-state index is 0.00294. The van der Waals surface area contributed by atoms with Crippen LogP contribution in [0.25, 0.3) is 0 Å². The Bertz CT molecular complexity index is 788. The number of carboxylic acids is 1. The van der Waals surface area contributed by atoms with Crippen molar-refractivity contribution < 1.29 is 28.1 Å². The van der Waals surface area contributed by atoms with Crippen LogP contribution in [0.2, 0.25) is 0 Å². The molecule has 150 valence electrons. The first-order valence-corrected chi connectivity index (χ1v) is 9.73. The Morgan fingerprint density at radius 1 is 1.22 bits per heavy atom. The number of aliphatic carboxylic acids is 1. The third-order valence-corrected chi connectivity index (χ3v) is 5.21. The number of benzene rings is 1. The highest BCUT2D eigenvalue weighted by atomic mass is 32.2. The van der Waals surface area contributed by atoms with E-state index in [0.29, 0.717) is 13.0 Å². The van der Waals surface area contributed by atoms with E-state index in [1.54, 1.807) is 12.1 Å². The van der Waals surface area contributed by atoms with Crippen LogP contribution in [0.5, 0.6) is 0 Å². The lowest BCUT2D eigenvalue weighted by molar-refractivity contribution is -0.459. The lowest BCUT2D eigenvalue weighted by Gasteiger charge is -2.22. The Kier molecular flexibility index (Phi) is 8.19. The summed E-state index contributed by atoms with van der Waals surface area (Å²) in [6.45, 7) is 3.45. The number of guanidine groups is 1. The van der Waals surface area contributed by atoms with Crippen molar-refractivity contribution in [1.29, 1.82) is 0 Å². The summed E-state index contributed by atoms with van der Waals surface area (Å²) >= 11 is 0. The highest BCUT2D eigenvalue weighted by Crippen LogP contribution is 2.10. The first kappa shape index (κ1) is 22.4. The van der Waals surface area contributed by atoms with Crippen LogP contribution in [0.1, 0.15) is 25.3 Å². The van der Waals surface area contributed by atoms with Gasteiger partial charge in [-0.05, 0) is 38.8 Å². The van der Waals surface area contributed by atoms with Gasteiger partial charge in [0.15, 0.2) is 0 Å². The van der Waals surface area contributed by atoms with E-state index < -0.39 is 34.0 Å². The smallest absolute Gasteiger partial charge is 0.338 e. The van der Waals surface area contributed by atoms with Gasteiger partial charge in [-0.25, -0.2) is 8.42 Å². The number of carbonyl (C=O) groups is 2. The van der Waals surface area contributed by atoms with E-state index in [4.69, 9.17) is 11.5 Å². The maximum atomic E-state index is 12.3. The van der Waals surface area contributed by atoms with Gasteiger partial charge in [-0.3, -0.25) is 21.3 Å². The highest BCUT2D eigenvalue weighted by Gasteiger charge is 2.24. The number of carbonyl (C=O) groups excluding carboxylic acids is 2. The van der Waals surface area contributed by atoms with Crippen LogP contribution < -0.4 is 31.6 Å². The molecule has 0 unspecified atom stereocenters. The maximum absolute atomic E-state index is 12.3. The topological polar surface area (TPSA) is 181 Å². The molecule has 0 saturated heterocycles. The summed E-state index contributed by atoms with van der Waals surface area (Å²) in [5, 5.41) is 13.4. The van der Waals surface area contributed by atoms with Crippen molar-refractivity contribution in [2.45, 2.75) is 43.7 Å². The Morgan fingerprint density at radius 3 is 2.33 bits per heavy atom. The Morgan fingerprint density at radius 2 is 1.81 bits per heavy atom. The van der Waals surface area contributed by atoms with E-state index in [0.717, 1.165) is 5.56 Å². The standard InChI is InChI=1S/C16H25N5O5S/c1-10-5-7-12(8-6-10)27(25,26)21-11(2)14(22)20-13(15(23)24)4-3-9-19-16(17)18/h5-8,11,13,21H,3-4,9H2,1-2H3,(H,20,22)(H,23,24)(H4,17,18,19)/t11-,13-/m1/s1. The average Bonchev–Trinajstić information content (AvgIpc) is 2.56. The summed E-state index contributed by atoms with van der Waals surface area (Å²) in [7, 11) is -3.92. The monoisotopic (exact) mass is 399 g/mol. The Balaban J connectivity index is 2.68. The minimum atomic E-state index is -3.92. The minimum Gasteiger partial charge on any atom is -0.548 e. The van der Waals surface area contributed by atoms with Gasteiger partial charge in [0.25, 0.3) is 0 Å². The predicted octanol–water partition coefficient (Wildman–Crippen LogP) is -3.97. The van der Waals surface area contributed by atoms with Crippen LogP contribution in [-0.2, 0) is 19.6 Å². The summed E-state index contributed by atoms with van der Waals surface area (Å²) in [4.78, 5) is 26.0. The summed E-state index contributed by atoms with van der Waals surface area (Å²) in [6.07, 6.45) is 0.409. The van der Waals surface area contributed by atoms with Crippen LogP contribution in [0.15, 0.2) is 29.2 Å². The number of nitrogens with one attached hydrogen (secondary N) is 3. The molecule has 11 heteroatoms. The number of hydrogen-bond acceptors (Lipinski definition) is 5. The van der Waals surface area contributed by atoms with E-state index in [1.807, 2.05) is 6.92 Å². The van der Waals surface area contributed by atoms with Gasteiger partial charge >= 0.3 is 5.96 Å². The summed E-state index contributed by atoms with van der Waals surface area (Å²) in [6, 6.07) is 3.64. The lowest BCUT2D eigenvalue weighted by Crippen LogP contribution is -2.78. The first-order chi connectivity index (χ1) is 12.5. The molecule has 0 radical (unpaired) electrons. The summed E-state index contributed by atoms with van der Waals surface area (Å²) in [5.74, 6) is -2.25. The molecule has 0 spiro atoms. The fourth-order valence-electron chi connectivity index (χ4n) is 2.16. The zero-order valence-corrected chi connectivity index (χ0v) is 16.0. The van der Waals surface area contributed by atoms with Crippen molar-refractivity contribution in [3.05, 3.63) is 29.8 Å². The molecule has 0 aliphatic rings. The van der Waals surface area contributed by atoms with Gasteiger partial charge in [0.1, 0.15) is 0 Å². The molecular weight excluding hydrogens is 374 g/mol. The Labute approximate surface area is 158 Å². The van der Waals surface area contributed by atoms with E-state index in [1.165, 1.54) is 19.1 Å². The van der Waals surface area contributed by atoms with Crippen LogP contribution in [0.4, 0.5) is 0 Å². The van der Waals surface area contributed by atoms with Gasteiger partial charge in [-0.1, -0.05) is 17.7 Å². The molecule has 1 amide bonds. The van der Waals surface area contributed by atoms with E-state index in [9.17, 15) is 23.1 Å². The van der Waals surface area contributed by atoms with Crippen molar-refractivity contribution in [2.75, 3.05) is 6.54 Å². The largest absolute Gasteiger partial charge is 0.548 e. The number of nitrogens with two attached hydrogens (primary N) is 2. The average molecular weight is 399 g/mol. The fourth-order valence-corrected chi connectivity index (χ4v) is 3.36. The van der Waals surface area contributed by atoms with Gasteiger partial charge in [0.2, 0.25) is 15.9 Å². The van der Waals surface area contributed by atoms with E-state index in [2.05, 4.69) is 15.0 Å². The van der Waals surface area contributed by atoms with Crippen molar-refractivity contribution in [3.8, 4) is 0 Å². The van der Waals surface area contributed by atoms with Crippen LogP contribution in [0.3, 0.4) is 0 Å². The molecule has 7 N–H and O–H groups in total. The van der Waals surface area contributed by atoms with Crippen LogP contribution in [0, 0.1) is 6.92 Å². The third kappa shape index (κ3) is 7.62. The van der Waals surface area contributed by atoms with Gasteiger partial charge < -0.3 is 15.2 Å². The van der Waals surface area contributed by atoms with E-state index >= 15 is 0 Å². The van der Waals surface area contributed by atoms with Crippen LogP contribution >= 0.6 is 0 Å². The maximum Gasteiger partial charge on any atom is 0.338 e. The van der Waals surface area contributed by atoms with Gasteiger partial charge in [-0.15, -0.1) is 0 Å². The normalized spacial score (nSPS) is 13.4. The third-order valence-electron chi connectivity index (χ3n) is 3.66. The second kappa shape index (κ2) is 9.88. The van der Waals surface area contributed by atoms with Crippen molar-refractivity contribution >= 4 is 27.9 Å². The predicted molar refractivity (Wildman–Crippen MR) is 96.3 cm³/mol. The van der Waals surface area contributed by atoms with Crippen molar-refractivity contribution in [3.63, 3.8) is 0 Å². The molecule has 0 fully saturated rings. The van der Waals surface area contributed by atoms with Gasteiger partial charge in [0.05, 0.1) is 29.5 Å². The molecule has 1 aromatic rings. The van der Waals surface area contributed by atoms with Gasteiger partial charge in [0, 0.05) is 0 Å². The molecule has 0 bridgehead atoms. The number of aryl methyl sites for hydroxylation is 1. The summed E-state index contributed by atoms with van der Waals surface area (Å²) in [5.41, 5.74) is 11.3. The molecule has 0 saturated carbocycles. The number of hydrogen-bond donors (Lipinski definition) is 5. The highest BCUT2D eigenvalue weighted by molar-refractivity contribution is 7.89. The number of amides is 1. The first-order valence-electron chi connectivity index (χ1n) is 8.25. The molecule has 0 aliphatic heterocycles. The van der Waals surface area contributed by atoms with Gasteiger partial charge in [-0.2, -0.15) is 4.72 Å². The van der Waals surface area contributed by atoms with Crippen LogP contribution in [-0.4, -0.2) is 44.9 Å². The molecule has 0 aliphatic carbocycles. The number of carboxylic acid groups (broad SMARTS) is 1. The molecule has 0 aromatic heterocycles. The summed E-state index contributed by atoms with van der Waals surface area (Å²) < 4.78 is 26.8. The van der Waals surface area contributed by atoms with Crippen molar-refractivity contribution in [1.82, 2.24) is 10.0 Å². The molecular formula is C16H25N5O5S. The second-order valence-electron chi connectivity index (χ2n) is 6.06. The SMILES string of the molecule is Cc1ccc(S(=O)(=O)N[C@H](C)C(=O)N[C@H](CCC[NH+]=C(N)N)C(=O)[O-])cc1. The molecule has 0 heterocycles. The molecule has 2 atom stereocenters. The molecule has 10 nitrogen and oxygen atoms in total. The lowest BCUT2D eigenvalue weighted by atomic mass is 10.1. The zero-order chi connectivity index (χ0) is 20.6. The number of rotatable bonds is 10. The molecule has 1 aromatic carbocycles. The quantitative estimate of drug-likeness (QED) is 0.151. The van der Waals surface area contributed by atoms with Crippen molar-refractivity contribution in [2.24, 2.45) is 11.5 Å². The molecule has 27 heavy (non-hydrogen) atoms. The molecule has 1 rings (SSSR count). The zero-order valence-electron chi connectivity index (χ0n) is 15.2. The fraction of sp³-hybridized carbons (Fsp3) is 0.438. The van der Waals surface area contributed by atoms with E-state index in [-0.39, 0.29) is 17.3 Å². The second-order valence-corrected chi connectivity index (χ2v) is 7.77. The number of sulfonamides is 1. The Hall–Kier alpha value is -2.66.